The Morgan fingerprint density at radius 3 is 2.74 bits per heavy atom. The van der Waals surface area contributed by atoms with E-state index in [9.17, 15) is 4.79 Å². The smallest absolute Gasteiger partial charge is 0.230 e. The molecule has 5 nitrogen and oxygen atoms in total. The van der Waals surface area contributed by atoms with Crippen LogP contribution in [0.2, 0.25) is 5.02 Å². The van der Waals surface area contributed by atoms with Crippen molar-refractivity contribution in [2.75, 3.05) is 26.2 Å². The topological polar surface area (TPSA) is 52.2 Å². The van der Waals surface area contributed by atoms with E-state index in [1.165, 1.54) is 38.5 Å². The molecule has 150 valence electrons. The van der Waals surface area contributed by atoms with Gasteiger partial charge in [-0.05, 0) is 45.1 Å². The quantitative estimate of drug-likeness (QED) is 0.818. The van der Waals surface area contributed by atoms with Gasteiger partial charge in [-0.3, -0.25) is 14.8 Å². The van der Waals surface area contributed by atoms with Crippen molar-refractivity contribution in [2.24, 2.45) is 11.3 Å². The fourth-order valence-corrected chi connectivity index (χ4v) is 5.58. The predicted octanol–water partition coefficient (Wildman–Crippen LogP) is 4.16. The summed E-state index contributed by atoms with van der Waals surface area (Å²) in [6.07, 6.45) is 11.3. The molecule has 3 fully saturated rings. The summed E-state index contributed by atoms with van der Waals surface area (Å²) in [6.45, 7) is 6.42. The van der Waals surface area contributed by atoms with Gasteiger partial charge in [0.05, 0.1) is 21.8 Å². The minimum absolute atomic E-state index is 0.164. The number of likely N-dealkylation sites (tertiary alicyclic amines) is 2. The van der Waals surface area contributed by atoms with Crippen molar-refractivity contribution in [1.29, 1.82) is 0 Å². The van der Waals surface area contributed by atoms with E-state index in [4.69, 9.17) is 11.6 Å². The van der Waals surface area contributed by atoms with Crippen LogP contribution in [0, 0.1) is 18.3 Å². The molecule has 2 aliphatic heterocycles. The number of carbonyl (C=O) groups excluding carboxylic acids is 1. The number of nitrogens with zero attached hydrogens (tertiary/aromatic N) is 3. The van der Waals surface area contributed by atoms with Crippen molar-refractivity contribution in [3.05, 3.63) is 16.4 Å². The van der Waals surface area contributed by atoms with Crippen LogP contribution in [0.4, 0.5) is 0 Å². The summed E-state index contributed by atoms with van der Waals surface area (Å²) in [5.74, 6) is 1.26. The van der Waals surface area contributed by atoms with Gasteiger partial charge in [0, 0.05) is 26.2 Å². The highest BCUT2D eigenvalue weighted by Crippen LogP contribution is 2.41. The summed E-state index contributed by atoms with van der Waals surface area (Å²) >= 11 is 6.34. The highest BCUT2D eigenvalue weighted by molar-refractivity contribution is 6.31. The normalized spacial score (nSPS) is 27.8. The third kappa shape index (κ3) is 4.04. The van der Waals surface area contributed by atoms with Crippen molar-refractivity contribution in [1.82, 2.24) is 20.0 Å². The largest absolute Gasteiger partial charge is 0.342 e. The standard InChI is InChI=1S/C21H33ClN4O/c1-16-19(22)18(24-23-16)14-25-13-10-21(15-25)9-5-11-26(20(21)27)12-8-17-6-3-2-4-7-17/h17H,2-15H2,1H3,(H,23,24)/t21-/m1/s1. The SMILES string of the molecule is Cc1[nH]nc(CN2CC[C@]3(CCCN(CCC4CCCCC4)C3=O)C2)c1Cl. The Labute approximate surface area is 167 Å². The lowest BCUT2D eigenvalue weighted by atomic mass is 9.78. The van der Waals surface area contributed by atoms with Crippen LogP contribution < -0.4 is 0 Å². The molecule has 2 saturated heterocycles. The molecule has 1 amide bonds. The van der Waals surface area contributed by atoms with Gasteiger partial charge in [0.1, 0.15) is 0 Å². The average Bonchev–Trinajstić information content (AvgIpc) is 3.23. The number of nitrogens with one attached hydrogen (secondary N) is 1. The van der Waals surface area contributed by atoms with Gasteiger partial charge in [-0.2, -0.15) is 5.10 Å². The molecule has 0 aromatic carbocycles. The molecular formula is C21H33ClN4O. The first-order valence-electron chi connectivity index (χ1n) is 10.8. The van der Waals surface area contributed by atoms with Gasteiger partial charge in [-0.1, -0.05) is 43.7 Å². The second kappa shape index (κ2) is 8.12. The van der Waals surface area contributed by atoms with Crippen molar-refractivity contribution in [2.45, 2.75) is 71.3 Å². The molecule has 4 rings (SSSR count). The third-order valence-electron chi connectivity index (χ3n) is 7.10. The molecular weight excluding hydrogens is 360 g/mol. The Hall–Kier alpha value is -1.07. The zero-order valence-corrected chi connectivity index (χ0v) is 17.4. The molecule has 3 heterocycles. The number of aromatic amines is 1. The van der Waals surface area contributed by atoms with Crippen LogP contribution in [0.3, 0.4) is 0 Å². The first-order chi connectivity index (χ1) is 13.1. The van der Waals surface area contributed by atoms with E-state index in [-0.39, 0.29) is 5.41 Å². The third-order valence-corrected chi connectivity index (χ3v) is 7.61. The highest BCUT2D eigenvalue weighted by atomic mass is 35.5. The number of amides is 1. The van der Waals surface area contributed by atoms with Crippen molar-refractivity contribution >= 4 is 17.5 Å². The van der Waals surface area contributed by atoms with E-state index in [1.54, 1.807) is 0 Å². The summed E-state index contributed by atoms with van der Waals surface area (Å²) in [5, 5.41) is 8.03. The predicted molar refractivity (Wildman–Crippen MR) is 108 cm³/mol. The van der Waals surface area contributed by atoms with Crippen LogP contribution in [0.5, 0.6) is 0 Å². The second-order valence-corrected chi connectivity index (χ2v) is 9.42. The molecule has 1 spiro atoms. The Morgan fingerprint density at radius 2 is 2.00 bits per heavy atom. The minimum Gasteiger partial charge on any atom is -0.342 e. The van der Waals surface area contributed by atoms with Gasteiger partial charge in [-0.15, -0.1) is 0 Å². The lowest BCUT2D eigenvalue weighted by Crippen LogP contribution is -2.50. The summed E-state index contributed by atoms with van der Waals surface area (Å²) < 4.78 is 0. The number of halogens is 1. The van der Waals surface area contributed by atoms with Gasteiger partial charge < -0.3 is 4.90 Å². The second-order valence-electron chi connectivity index (χ2n) is 9.04. The van der Waals surface area contributed by atoms with E-state index >= 15 is 0 Å². The van der Waals surface area contributed by atoms with E-state index in [1.807, 2.05) is 6.92 Å². The lowest BCUT2D eigenvalue weighted by molar-refractivity contribution is -0.145. The highest BCUT2D eigenvalue weighted by Gasteiger charge is 2.48. The molecule has 1 aliphatic carbocycles. The number of piperidine rings is 1. The van der Waals surface area contributed by atoms with Crippen LogP contribution in [0.25, 0.3) is 0 Å². The van der Waals surface area contributed by atoms with E-state index in [0.29, 0.717) is 5.91 Å². The van der Waals surface area contributed by atoms with E-state index < -0.39 is 0 Å². The fourth-order valence-electron chi connectivity index (χ4n) is 5.43. The Morgan fingerprint density at radius 1 is 1.19 bits per heavy atom. The lowest BCUT2D eigenvalue weighted by Gasteiger charge is -2.40. The molecule has 0 bridgehead atoms. The zero-order chi connectivity index (χ0) is 18.9. The van der Waals surface area contributed by atoms with Crippen molar-refractivity contribution < 1.29 is 4.79 Å². The average molecular weight is 393 g/mol. The Bertz CT molecular complexity index is 669. The molecule has 6 heteroatoms. The molecule has 1 atom stereocenters. The molecule has 27 heavy (non-hydrogen) atoms. The van der Waals surface area contributed by atoms with Crippen LogP contribution in [0.1, 0.15) is 69.2 Å². The number of rotatable bonds is 5. The summed E-state index contributed by atoms with van der Waals surface area (Å²) in [4.78, 5) is 17.9. The van der Waals surface area contributed by atoms with Crippen molar-refractivity contribution in [3.8, 4) is 0 Å². The Kier molecular flexibility index (Phi) is 5.79. The number of hydrogen-bond acceptors (Lipinski definition) is 3. The van der Waals surface area contributed by atoms with Gasteiger partial charge in [0.2, 0.25) is 5.91 Å². The van der Waals surface area contributed by atoms with Crippen molar-refractivity contribution in [3.63, 3.8) is 0 Å². The van der Waals surface area contributed by atoms with Crippen LogP contribution in [-0.2, 0) is 11.3 Å². The molecule has 0 radical (unpaired) electrons. The molecule has 1 saturated carbocycles. The van der Waals surface area contributed by atoms with Crippen LogP contribution in [-0.4, -0.2) is 52.1 Å². The number of hydrogen-bond donors (Lipinski definition) is 1. The maximum Gasteiger partial charge on any atom is 0.230 e. The fraction of sp³-hybridized carbons (Fsp3) is 0.810. The first kappa shape index (κ1) is 19.3. The number of H-pyrrole nitrogens is 1. The maximum atomic E-state index is 13.3. The van der Waals surface area contributed by atoms with Gasteiger partial charge in [0.25, 0.3) is 0 Å². The maximum absolute atomic E-state index is 13.3. The molecule has 1 N–H and O–H groups in total. The van der Waals surface area contributed by atoms with Gasteiger partial charge in [0.15, 0.2) is 0 Å². The summed E-state index contributed by atoms with van der Waals surface area (Å²) in [5.41, 5.74) is 1.66. The molecule has 1 aromatic heterocycles. The zero-order valence-electron chi connectivity index (χ0n) is 16.6. The summed E-state index contributed by atoms with van der Waals surface area (Å²) in [7, 11) is 0. The number of aromatic nitrogens is 2. The van der Waals surface area contributed by atoms with Crippen LogP contribution in [0.15, 0.2) is 0 Å². The first-order valence-corrected chi connectivity index (χ1v) is 11.2. The van der Waals surface area contributed by atoms with Crippen LogP contribution >= 0.6 is 11.6 Å². The number of aryl methyl sites for hydroxylation is 1. The molecule has 3 aliphatic rings. The van der Waals surface area contributed by atoms with Gasteiger partial charge >= 0.3 is 0 Å². The summed E-state index contributed by atoms with van der Waals surface area (Å²) in [6, 6.07) is 0. The van der Waals surface area contributed by atoms with Gasteiger partial charge in [-0.25, -0.2) is 0 Å². The van der Waals surface area contributed by atoms with E-state index in [0.717, 1.165) is 74.3 Å². The molecule has 1 aromatic rings. The minimum atomic E-state index is -0.164. The monoisotopic (exact) mass is 392 g/mol. The molecule has 0 unspecified atom stereocenters. The van der Waals surface area contributed by atoms with E-state index in [2.05, 4.69) is 20.0 Å². The number of carbonyl (C=O) groups is 1. The Balaban J connectivity index is 1.34.